The molecule has 0 radical (unpaired) electrons. The Morgan fingerprint density at radius 3 is 2.08 bits per heavy atom. The van der Waals surface area contributed by atoms with Crippen LogP contribution in [0.4, 0.5) is 0 Å². The van der Waals surface area contributed by atoms with Gasteiger partial charge in [0.15, 0.2) is 0 Å². The van der Waals surface area contributed by atoms with Crippen LogP contribution < -0.4 is 0 Å². The molecule has 0 atom stereocenters. The summed E-state index contributed by atoms with van der Waals surface area (Å²) in [5.41, 5.74) is -0.594. The van der Waals surface area contributed by atoms with E-state index in [0.717, 1.165) is 0 Å². The van der Waals surface area contributed by atoms with Crippen molar-refractivity contribution in [3.8, 4) is 0 Å². The van der Waals surface area contributed by atoms with Gasteiger partial charge in [0.2, 0.25) is 0 Å². The summed E-state index contributed by atoms with van der Waals surface area (Å²) in [6, 6.07) is 0. The number of hydrogen-bond acceptors (Lipinski definition) is 4. The lowest BCUT2D eigenvalue weighted by Gasteiger charge is -2.12. The van der Waals surface area contributed by atoms with Crippen molar-refractivity contribution in [2.24, 2.45) is 5.41 Å². The van der Waals surface area contributed by atoms with Crippen LogP contribution in [0.1, 0.15) is 12.8 Å². The maximum absolute atomic E-state index is 11.3. The van der Waals surface area contributed by atoms with Crippen molar-refractivity contribution >= 4 is 11.9 Å². The number of esters is 2. The predicted octanol–water partition coefficient (Wildman–Crippen LogP) is 0.669. The summed E-state index contributed by atoms with van der Waals surface area (Å²) >= 11 is 0. The van der Waals surface area contributed by atoms with Gasteiger partial charge in [-0.2, -0.15) is 0 Å². The van der Waals surface area contributed by atoms with Gasteiger partial charge >= 0.3 is 11.9 Å². The van der Waals surface area contributed by atoms with Gasteiger partial charge in [0.1, 0.15) is 0 Å². The van der Waals surface area contributed by atoms with Gasteiger partial charge in [-0.1, -0.05) is 6.58 Å². The number of hydrogen-bond donors (Lipinski definition) is 0. The zero-order chi connectivity index (χ0) is 10.1. The molecule has 4 nitrogen and oxygen atoms in total. The zero-order valence-electron chi connectivity index (χ0n) is 7.75. The van der Waals surface area contributed by atoms with Crippen molar-refractivity contribution in [2.45, 2.75) is 12.8 Å². The van der Waals surface area contributed by atoms with Crippen molar-refractivity contribution < 1.29 is 19.1 Å². The molecule has 72 valence electrons. The lowest BCUT2D eigenvalue weighted by molar-refractivity contribution is -0.148. The third-order valence-electron chi connectivity index (χ3n) is 2.34. The molecule has 1 rings (SSSR count). The summed E-state index contributed by atoms with van der Waals surface area (Å²) in [7, 11) is 2.56. The molecule has 1 aliphatic carbocycles. The van der Waals surface area contributed by atoms with Crippen LogP contribution in [0, 0.1) is 5.41 Å². The van der Waals surface area contributed by atoms with Gasteiger partial charge in [0.25, 0.3) is 0 Å². The molecule has 0 aromatic carbocycles. The predicted molar refractivity (Wildman–Crippen MR) is 44.8 cm³/mol. The average molecular weight is 184 g/mol. The molecule has 4 heteroatoms. The second-order valence-corrected chi connectivity index (χ2v) is 3.04. The van der Waals surface area contributed by atoms with Crippen LogP contribution in [0.3, 0.4) is 0 Å². The van der Waals surface area contributed by atoms with E-state index in [2.05, 4.69) is 16.1 Å². The molecule has 1 fully saturated rings. The summed E-state index contributed by atoms with van der Waals surface area (Å²) in [5.74, 6) is -0.939. The molecule has 0 aromatic heterocycles. The monoisotopic (exact) mass is 184 g/mol. The SMILES string of the molecule is C=C(C(=O)OC)C1(C(=O)OC)CC1. The van der Waals surface area contributed by atoms with Crippen molar-refractivity contribution in [1.29, 1.82) is 0 Å². The Morgan fingerprint density at radius 2 is 1.77 bits per heavy atom. The lowest BCUT2D eigenvalue weighted by Crippen LogP contribution is -2.24. The highest BCUT2D eigenvalue weighted by Crippen LogP contribution is 2.52. The smallest absolute Gasteiger partial charge is 0.334 e. The fourth-order valence-corrected chi connectivity index (χ4v) is 1.27. The van der Waals surface area contributed by atoms with Crippen molar-refractivity contribution in [3.05, 3.63) is 12.2 Å². The first kappa shape index (κ1) is 9.77. The Labute approximate surface area is 76.5 Å². The normalized spacial score (nSPS) is 17.4. The second kappa shape index (κ2) is 3.20. The van der Waals surface area contributed by atoms with Gasteiger partial charge in [0.05, 0.1) is 19.6 Å². The summed E-state index contributed by atoms with van der Waals surface area (Å²) in [4.78, 5) is 22.4. The average Bonchev–Trinajstić information content (AvgIpc) is 2.95. The number of carbonyl (C=O) groups excluding carboxylic acids is 2. The van der Waals surface area contributed by atoms with E-state index < -0.39 is 17.4 Å². The van der Waals surface area contributed by atoms with Gasteiger partial charge in [-0.25, -0.2) is 4.79 Å². The molecule has 0 bridgehead atoms. The van der Waals surface area contributed by atoms with E-state index in [1.54, 1.807) is 0 Å². The number of rotatable bonds is 3. The molecule has 0 heterocycles. The third kappa shape index (κ3) is 1.43. The second-order valence-electron chi connectivity index (χ2n) is 3.04. The van der Waals surface area contributed by atoms with Crippen LogP contribution in [0.15, 0.2) is 12.2 Å². The lowest BCUT2D eigenvalue weighted by atomic mass is 9.98. The topological polar surface area (TPSA) is 52.6 Å². The summed E-state index contributed by atoms with van der Waals surface area (Å²) in [6.07, 6.45) is 1.24. The fourth-order valence-electron chi connectivity index (χ4n) is 1.27. The maximum atomic E-state index is 11.3. The molecule has 0 unspecified atom stereocenters. The Bertz CT molecular complexity index is 263. The molecule has 0 saturated heterocycles. The number of methoxy groups -OCH3 is 2. The van der Waals surface area contributed by atoms with Gasteiger partial charge in [0, 0.05) is 5.57 Å². The quantitative estimate of drug-likeness (QED) is 0.478. The van der Waals surface area contributed by atoms with Crippen LogP contribution in [-0.4, -0.2) is 26.2 Å². The minimum atomic E-state index is -0.790. The van der Waals surface area contributed by atoms with Gasteiger partial charge in [-0.05, 0) is 12.8 Å². The summed E-state index contributed by atoms with van der Waals surface area (Å²) < 4.78 is 9.07. The molecule has 1 aliphatic rings. The van der Waals surface area contributed by atoms with Crippen LogP contribution in [-0.2, 0) is 19.1 Å². The van der Waals surface area contributed by atoms with Crippen molar-refractivity contribution in [1.82, 2.24) is 0 Å². The molecular weight excluding hydrogens is 172 g/mol. The first-order chi connectivity index (χ1) is 6.08. The van der Waals surface area contributed by atoms with E-state index >= 15 is 0 Å². The fraction of sp³-hybridized carbons (Fsp3) is 0.556. The Kier molecular flexibility index (Phi) is 2.40. The Balaban J connectivity index is 2.77. The van der Waals surface area contributed by atoms with Gasteiger partial charge in [-0.3, -0.25) is 4.79 Å². The standard InChI is InChI=1S/C9H12O4/c1-6(7(10)12-2)9(4-5-9)8(11)13-3/h1,4-5H2,2-3H3. The Hall–Kier alpha value is -1.32. The van der Waals surface area contributed by atoms with Crippen LogP contribution in [0.2, 0.25) is 0 Å². The number of carbonyl (C=O) groups is 2. The van der Waals surface area contributed by atoms with E-state index in [1.165, 1.54) is 14.2 Å². The van der Waals surface area contributed by atoms with E-state index in [0.29, 0.717) is 12.8 Å². The molecule has 0 N–H and O–H groups in total. The summed E-state index contributed by atoms with van der Waals surface area (Å²) in [6.45, 7) is 3.55. The third-order valence-corrected chi connectivity index (χ3v) is 2.34. The number of ether oxygens (including phenoxy) is 2. The van der Waals surface area contributed by atoms with E-state index in [9.17, 15) is 9.59 Å². The Morgan fingerprint density at radius 1 is 1.23 bits per heavy atom. The highest BCUT2D eigenvalue weighted by atomic mass is 16.5. The van der Waals surface area contributed by atoms with Crippen LogP contribution >= 0.6 is 0 Å². The largest absolute Gasteiger partial charge is 0.468 e. The van der Waals surface area contributed by atoms with Crippen molar-refractivity contribution in [3.63, 3.8) is 0 Å². The highest BCUT2D eigenvalue weighted by Gasteiger charge is 2.55. The molecule has 0 aromatic rings. The van der Waals surface area contributed by atoms with Crippen molar-refractivity contribution in [2.75, 3.05) is 14.2 Å². The van der Waals surface area contributed by atoms with Crippen LogP contribution in [0.25, 0.3) is 0 Å². The molecule has 1 saturated carbocycles. The molecule has 0 aliphatic heterocycles. The van der Waals surface area contributed by atoms with Gasteiger partial charge in [-0.15, -0.1) is 0 Å². The zero-order valence-corrected chi connectivity index (χ0v) is 7.75. The molecule has 13 heavy (non-hydrogen) atoms. The summed E-state index contributed by atoms with van der Waals surface area (Å²) in [5, 5.41) is 0. The minimum Gasteiger partial charge on any atom is -0.468 e. The highest BCUT2D eigenvalue weighted by molar-refractivity contribution is 5.99. The van der Waals surface area contributed by atoms with E-state index in [1.807, 2.05) is 0 Å². The maximum Gasteiger partial charge on any atom is 0.334 e. The first-order valence-corrected chi connectivity index (χ1v) is 3.94. The van der Waals surface area contributed by atoms with E-state index in [-0.39, 0.29) is 5.57 Å². The van der Waals surface area contributed by atoms with Gasteiger partial charge < -0.3 is 9.47 Å². The molecule has 0 spiro atoms. The minimum absolute atomic E-state index is 0.196. The van der Waals surface area contributed by atoms with E-state index in [4.69, 9.17) is 0 Å². The molecular formula is C9H12O4. The first-order valence-electron chi connectivity index (χ1n) is 3.94. The van der Waals surface area contributed by atoms with Crippen LogP contribution in [0.5, 0.6) is 0 Å². The molecule has 0 amide bonds.